The Bertz CT molecular complexity index is 887. The summed E-state index contributed by atoms with van der Waals surface area (Å²) in [7, 11) is 0. The van der Waals surface area contributed by atoms with E-state index in [1.807, 2.05) is 4.90 Å². The first-order valence-electron chi connectivity index (χ1n) is 12.1. The third kappa shape index (κ3) is 6.22. The molecular formula is C27H38N2O2S. The molecular weight excluding hydrogens is 416 g/mol. The lowest BCUT2D eigenvalue weighted by atomic mass is 9.92. The maximum atomic E-state index is 13.6. The summed E-state index contributed by atoms with van der Waals surface area (Å²) < 4.78 is 0. The van der Waals surface area contributed by atoms with Gasteiger partial charge in [0.15, 0.2) is 0 Å². The number of rotatable bonds is 10. The topological polar surface area (TPSA) is 40.6 Å². The number of amides is 2. The molecule has 2 heterocycles. The van der Waals surface area contributed by atoms with Crippen molar-refractivity contribution in [2.45, 2.75) is 72.3 Å². The van der Waals surface area contributed by atoms with Gasteiger partial charge >= 0.3 is 0 Å². The summed E-state index contributed by atoms with van der Waals surface area (Å²) >= 11 is 1.78. The van der Waals surface area contributed by atoms with Crippen LogP contribution < -0.4 is 0 Å². The lowest BCUT2D eigenvalue weighted by Crippen LogP contribution is -2.47. The second-order valence-corrected chi connectivity index (χ2v) is 10.4. The molecule has 0 saturated heterocycles. The molecule has 0 aliphatic carbocycles. The number of carbonyl (C=O) groups excluding carboxylic acids is 2. The molecule has 4 nitrogen and oxygen atoms in total. The normalized spacial score (nSPS) is 15.7. The molecule has 5 heteroatoms. The lowest BCUT2D eigenvalue weighted by Gasteiger charge is -2.38. The molecule has 0 saturated carbocycles. The van der Waals surface area contributed by atoms with Crippen molar-refractivity contribution in [3.8, 4) is 0 Å². The van der Waals surface area contributed by atoms with Crippen molar-refractivity contribution >= 4 is 23.2 Å². The van der Waals surface area contributed by atoms with Gasteiger partial charge in [-0.3, -0.25) is 9.59 Å². The summed E-state index contributed by atoms with van der Waals surface area (Å²) in [6.45, 7) is 9.97. The van der Waals surface area contributed by atoms with Crippen LogP contribution in [-0.2, 0) is 16.0 Å². The van der Waals surface area contributed by atoms with Crippen LogP contribution >= 0.6 is 11.3 Å². The summed E-state index contributed by atoms with van der Waals surface area (Å²) in [4.78, 5) is 31.7. The molecule has 1 aromatic carbocycles. The molecule has 1 atom stereocenters. The molecule has 0 fully saturated rings. The van der Waals surface area contributed by atoms with Gasteiger partial charge in [0.05, 0.1) is 12.6 Å². The van der Waals surface area contributed by atoms with E-state index in [1.54, 1.807) is 16.2 Å². The van der Waals surface area contributed by atoms with E-state index in [4.69, 9.17) is 0 Å². The Kier molecular flexibility index (Phi) is 8.92. The van der Waals surface area contributed by atoms with E-state index < -0.39 is 0 Å². The Balaban J connectivity index is 1.78. The second-order valence-electron chi connectivity index (χ2n) is 9.43. The summed E-state index contributed by atoms with van der Waals surface area (Å²) in [5, 5.41) is 2.13. The predicted molar refractivity (Wildman–Crippen MR) is 133 cm³/mol. The molecule has 174 valence electrons. The number of fused-ring (bicyclic) bond motifs is 1. The third-order valence-electron chi connectivity index (χ3n) is 6.19. The average Bonchev–Trinajstić information content (AvgIpc) is 3.24. The van der Waals surface area contributed by atoms with E-state index in [0.717, 1.165) is 37.7 Å². The highest BCUT2D eigenvalue weighted by atomic mass is 32.1. The standard InChI is InChI=1S/C27H38N2O2S/c1-5-6-7-8-9-25(30)28(18-20(2)3)19-26(31)29-16-14-24-23(15-17-32-24)27(29)22-12-10-21(4)11-13-22/h10-13,15,17,20,27H,5-9,14,16,18-19H2,1-4H3. The van der Waals surface area contributed by atoms with Gasteiger partial charge in [-0.05, 0) is 48.3 Å². The maximum Gasteiger partial charge on any atom is 0.242 e. The molecule has 1 aromatic heterocycles. The van der Waals surface area contributed by atoms with E-state index in [1.165, 1.54) is 16.0 Å². The predicted octanol–water partition coefficient (Wildman–Crippen LogP) is 5.99. The van der Waals surface area contributed by atoms with Crippen molar-refractivity contribution in [3.05, 3.63) is 57.3 Å². The SMILES string of the molecule is CCCCCCC(=O)N(CC(=O)N1CCc2sccc2C1c1ccc(C)cc1)CC(C)C. The maximum absolute atomic E-state index is 13.6. The van der Waals surface area contributed by atoms with Crippen LogP contribution in [-0.4, -0.2) is 41.2 Å². The van der Waals surface area contributed by atoms with Crippen LogP contribution in [0.4, 0.5) is 0 Å². The van der Waals surface area contributed by atoms with Crippen LogP contribution in [0.3, 0.4) is 0 Å². The molecule has 32 heavy (non-hydrogen) atoms. The number of aryl methyl sites for hydroxylation is 1. The number of benzene rings is 1. The molecule has 0 N–H and O–H groups in total. The highest BCUT2D eigenvalue weighted by Crippen LogP contribution is 2.38. The summed E-state index contributed by atoms with van der Waals surface area (Å²) in [6.07, 6.45) is 5.72. The molecule has 2 amide bonds. The highest BCUT2D eigenvalue weighted by Gasteiger charge is 2.34. The van der Waals surface area contributed by atoms with Crippen molar-refractivity contribution in [1.29, 1.82) is 0 Å². The van der Waals surface area contributed by atoms with Gasteiger partial charge < -0.3 is 9.80 Å². The number of nitrogens with zero attached hydrogens (tertiary/aromatic N) is 2. The zero-order valence-corrected chi connectivity index (χ0v) is 20.9. The Morgan fingerprint density at radius 3 is 2.56 bits per heavy atom. The van der Waals surface area contributed by atoms with Crippen molar-refractivity contribution in [1.82, 2.24) is 9.80 Å². The number of carbonyl (C=O) groups is 2. The summed E-state index contributed by atoms with van der Waals surface area (Å²) in [5.74, 6) is 0.498. The molecule has 0 bridgehead atoms. The van der Waals surface area contributed by atoms with Gasteiger partial charge in [-0.15, -0.1) is 11.3 Å². The van der Waals surface area contributed by atoms with Gasteiger partial charge in [-0.1, -0.05) is 69.9 Å². The quantitative estimate of drug-likeness (QED) is 0.414. The van der Waals surface area contributed by atoms with Gasteiger partial charge in [0, 0.05) is 24.4 Å². The largest absolute Gasteiger partial charge is 0.333 e. The molecule has 1 unspecified atom stereocenters. The number of hydrogen-bond donors (Lipinski definition) is 0. The first kappa shape index (κ1) is 24.5. The Labute approximate surface area is 197 Å². The summed E-state index contributed by atoms with van der Waals surface area (Å²) in [6, 6.07) is 10.6. The average molecular weight is 455 g/mol. The van der Waals surface area contributed by atoms with Crippen LogP contribution in [0.1, 0.15) is 80.5 Å². The third-order valence-corrected chi connectivity index (χ3v) is 7.18. The molecule has 3 rings (SSSR count). The monoisotopic (exact) mass is 454 g/mol. The Morgan fingerprint density at radius 1 is 1.12 bits per heavy atom. The Morgan fingerprint density at radius 2 is 1.88 bits per heavy atom. The van der Waals surface area contributed by atoms with E-state index in [2.05, 4.69) is 63.4 Å². The van der Waals surface area contributed by atoms with Crippen LogP contribution in [0, 0.1) is 12.8 Å². The zero-order chi connectivity index (χ0) is 23.1. The minimum absolute atomic E-state index is 0.0509. The van der Waals surface area contributed by atoms with Crippen LogP contribution in [0.5, 0.6) is 0 Å². The Hall–Kier alpha value is -2.14. The number of thiophene rings is 1. The number of unbranched alkanes of at least 4 members (excludes halogenated alkanes) is 3. The first-order chi connectivity index (χ1) is 15.4. The van der Waals surface area contributed by atoms with Crippen molar-refractivity contribution < 1.29 is 9.59 Å². The van der Waals surface area contributed by atoms with Crippen LogP contribution in [0.2, 0.25) is 0 Å². The zero-order valence-electron chi connectivity index (χ0n) is 20.1. The molecule has 1 aliphatic heterocycles. The number of hydrogen-bond acceptors (Lipinski definition) is 3. The van der Waals surface area contributed by atoms with E-state index in [-0.39, 0.29) is 24.4 Å². The van der Waals surface area contributed by atoms with Gasteiger partial charge in [0.1, 0.15) is 0 Å². The van der Waals surface area contributed by atoms with E-state index in [9.17, 15) is 9.59 Å². The second kappa shape index (κ2) is 11.6. The highest BCUT2D eigenvalue weighted by molar-refractivity contribution is 7.10. The first-order valence-corrected chi connectivity index (χ1v) is 13.0. The van der Waals surface area contributed by atoms with Crippen molar-refractivity contribution in [3.63, 3.8) is 0 Å². The van der Waals surface area contributed by atoms with Gasteiger partial charge in [0.25, 0.3) is 0 Å². The summed E-state index contributed by atoms with van der Waals surface area (Å²) in [5.41, 5.74) is 3.59. The van der Waals surface area contributed by atoms with E-state index in [0.29, 0.717) is 25.4 Å². The van der Waals surface area contributed by atoms with Crippen LogP contribution in [0.15, 0.2) is 35.7 Å². The van der Waals surface area contributed by atoms with Crippen molar-refractivity contribution in [2.24, 2.45) is 5.92 Å². The van der Waals surface area contributed by atoms with Gasteiger partial charge in [-0.25, -0.2) is 0 Å². The smallest absolute Gasteiger partial charge is 0.242 e. The lowest BCUT2D eigenvalue weighted by molar-refractivity contribution is -0.142. The minimum atomic E-state index is -0.0707. The van der Waals surface area contributed by atoms with Gasteiger partial charge in [0.2, 0.25) is 11.8 Å². The van der Waals surface area contributed by atoms with Crippen LogP contribution in [0.25, 0.3) is 0 Å². The molecule has 1 aliphatic rings. The molecule has 2 aromatic rings. The van der Waals surface area contributed by atoms with E-state index >= 15 is 0 Å². The van der Waals surface area contributed by atoms with Gasteiger partial charge in [-0.2, -0.15) is 0 Å². The van der Waals surface area contributed by atoms with Crippen molar-refractivity contribution in [2.75, 3.05) is 19.6 Å². The molecule has 0 spiro atoms. The minimum Gasteiger partial charge on any atom is -0.333 e. The fraction of sp³-hybridized carbons (Fsp3) is 0.556. The fourth-order valence-corrected chi connectivity index (χ4v) is 5.41. The fourth-order valence-electron chi connectivity index (χ4n) is 4.50. The molecule has 0 radical (unpaired) electrons.